The maximum atomic E-state index is 13.3. The maximum Gasteiger partial charge on any atom is 0.228 e. The fourth-order valence-corrected chi connectivity index (χ4v) is 2.16. The largest absolute Gasteiger partial charge is 0.325 e. The molecule has 0 saturated carbocycles. The van der Waals surface area contributed by atoms with Gasteiger partial charge in [0.05, 0.1) is 17.8 Å². The van der Waals surface area contributed by atoms with Crippen LogP contribution in [0.2, 0.25) is 0 Å². The topological polar surface area (TPSA) is 58.2 Å². The Hall–Kier alpha value is -2.21. The Morgan fingerprint density at radius 1 is 1.05 bits per heavy atom. The van der Waals surface area contributed by atoms with Gasteiger partial charge in [0, 0.05) is 11.4 Å². The Morgan fingerprint density at radius 3 is 2.36 bits per heavy atom. The van der Waals surface area contributed by atoms with Gasteiger partial charge < -0.3 is 10.6 Å². The lowest BCUT2D eigenvalue weighted by atomic mass is 10.1. The van der Waals surface area contributed by atoms with Crippen LogP contribution >= 0.6 is 15.9 Å². The lowest BCUT2D eigenvalue weighted by molar-refractivity contribution is -0.116. The molecule has 2 aromatic carbocycles. The highest BCUT2D eigenvalue weighted by molar-refractivity contribution is 9.10. The number of hydrogen-bond acceptors (Lipinski definition) is 2. The summed E-state index contributed by atoms with van der Waals surface area (Å²) in [5.74, 6) is -1.08. The standard InChI is InChI=1S/C16H14BrFN2O2/c1-10(21)19-14-7-6-13(18)9-15(14)20-16(22)8-11-2-4-12(17)5-3-11/h2-7,9H,8H2,1H3,(H,19,21)(H,20,22). The van der Waals surface area contributed by atoms with Crippen molar-refractivity contribution in [3.8, 4) is 0 Å². The molecule has 2 rings (SSSR count). The van der Waals surface area contributed by atoms with Crippen molar-refractivity contribution in [2.45, 2.75) is 13.3 Å². The summed E-state index contributed by atoms with van der Waals surface area (Å²) in [6.45, 7) is 1.34. The predicted octanol–water partition coefficient (Wildman–Crippen LogP) is 3.73. The molecule has 6 heteroatoms. The zero-order valence-corrected chi connectivity index (χ0v) is 13.4. The van der Waals surface area contributed by atoms with Crippen LogP contribution < -0.4 is 10.6 Å². The normalized spacial score (nSPS) is 10.1. The first-order valence-electron chi connectivity index (χ1n) is 6.55. The molecule has 0 atom stereocenters. The number of anilines is 2. The van der Waals surface area contributed by atoms with Crippen molar-refractivity contribution < 1.29 is 14.0 Å². The van der Waals surface area contributed by atoms with E-state index in [0.717, 1.165) is 10.0 Å². The molecule has 0 fully saturated rings. The highest BCUT2D eigenvalue weighted by Crippen LogP contribution is 2.23. The molecular weight excluding hydrogens is 351 g/mol. The van der Waals surface area contributed by atoms with E-state index in [1.807, 2.05) is 24.3 Å². The molecule has 0 aliphatic rings. The number of amides is 2. The molecular formula is C16H14BrFN2O2. The quantitative estimate of drug-likeness (QED) is 0.868. The van der Waals surface area contributed by atoms with Gasteiger partial charge in [-0.1, -0.05) is 28.1 Å². The minimum atomic E-state index is -0.493. The van der Waals surface area contributed by atoms with E-state index < -0.39 is 5.82 Å². The number of carbonyl (C=O) groups is 2. The molecule has 0 spiro atoms. The molecule has 0 bridgehead atoms. The smallest absolute Gasteiger partial charge is 0.228 e. The van der Waals surface area contributed by atoms with Gasteiger partial charge in [0.15, 0.2) is 0 Å². The molecule has 0 heterocycles. The third kappa shape index (κ3) is 4.66. The molecule has 2 N–H and O–H groups in total. The summed E-state index contributed by atoms with van der Waals surface area (Å²) >= 11 is 3.32. The number of carbonyl (C=O) groups excluding carboxylic acids is 2. The van der Waals surface area contributed by atoms with Crippen LogP contribution in [-0.2, 0) is 16.0 Å². The number of halogens is 2. The van der Waals surface area contributed by atoms with E-state index in [-0.39, 0.29) is 23.9 Å². The van der Waals surface area contributed by atoms with Gasteiger partial charge in [0.2, 0.25) is 11.8 Å². The first-order valence-corrected chi connectivity index (χ1v) is 7.35. The number of nitrogens with one attached hydrogen (secondary N) is 2. The van der Waals surface area contributed by atoms with E-state index in [0.29, 0.717) is 5.69 Å². The van der Waals surface area contributed by atoms with Gasteiger partial charge in [-0.3, -0.25) is 9.59 Å². The summed E-state index contributed by atoms with van der Waals surface area (Å²) in [5, 5.41) is 5.17. The van der Waals surface area contributed by atoms with Crippen LogP contribution in [0.3, 0.4) is 0 Å². The second kappa shape index (κ2) is 7.17. The monoisotopic (exact) mass is 364 g/mol. The third-order valence-electron chi connectivity index (χ3n) is 2.84. The first-order chi connectivity index (χ1) is 10.4. The third-order valence-corrected chi connectivity index (χ3v) is 3.37. The zero-order valence-electron chi connectivity index (χ0n) is 11.8. The van der Waals surface area contributed by atoms with E-state index in [1.54, 1.807) is 0 Å². The van der Waals surface area contributed by atoms with Crippen molar-refractivity contribution in [1.82, 2.24) is 0 Å². The van der Waals surface area contributed by atoms with Gasteiger partial charge >= 0.3 is 0 Å². The first kappa shape index (κ1) is 16.2. The minimum Gasteiger partial charge on any atom is -0.325 e. The van der Waals surface area contributed by atoms with Gasteiger partial charge in [-0.15, -0.1) is 0 Å². The SMILES string of the molecule is CC(=O)Nc1ccc(F)cc1NC(=O)Cc1ccc(Br)cc1. The highest BCUT2D eigenvalue weighted by Gasteiger charge is 2.10. The van der Waals surface area contributed by atoms with E-state index in [4.69, 9.17) is 0 Å². The number of benzene rings is 2. The van der Waals surface area contributed by atoms with E-state index >= 15 is 0 Å². The molecule has 0 saturated heterocycles. The van der Waals surface area contributed by atoms with E-state index in [1.165, 1.54) is 25.1 Å². The van der Waals surface area contributed by atoms with Crippen molar-refractivity contribution >= 4 is 39.1 Å². The average Bonchev–Trinajstić information content (AvgIpc) is 2.44. The molecule has 0 aliphatic carbocycles. The maximum absolute atomic E-state index is 13.3. The number of rotatable bonds is 4. The highest BCUT2D eigenvalue weighted by atomic mass is 79.9. The van der Waals surface area contributed by atoms with E-state index in [9.17, 15) is 14.0 Å². The van der Waals surface area contributed by atoms with Crippen LogP contribution in [0, 0.1) is 5.82 Å². The second-order valence-electron chi connectivity index (χ2n) is 4.72. The molecule has 0 aliphatic heterocycles. The van der Waals surface area contributed by atoms with Crippen LogP contribution in [0.1, 0.15) is 12.5 Å². The lowest BCUT2D eigenvalue weighted by Crippen LogP contribution is -2.17. The van der Waals surface area contributed by atoms with E-state index in [2.05, 4.69) is 26.6 Å². The van der Waals surface area contributed by atoms with Crippen LogP contribution in [0.25, 0.3) is 0 Å². The van der Waals surface area contributed by atoms with Gasteiger partial charge in [-0.05, 0) is 35.9 Å². The summed E-state index contributed by atoms with van der Waals surface area (Å²) < 4.78 is 14.3. The van der Waals surface area contributed by atoms with Crippen molar-refractivity contribution in [2.24, 2.45) is 0 Å². The Kier molecular flexibility index (Phi) is 5.27. The van der Waals surface area contributed by atoms with Gasteiger partial charge in [-0.2, -0.15) is 0 Å². The van der Waals surface area contributed by atoms with Crippen LogP contribution in [0.4, 0.5) is 15.8 Å². The fraction of sp³-hybridized carbons (Fsp3) is 0.125. The molecule has 4 nitrogen and oxygen atoms in total. The summed E-state index contributed by atoms with van der Waals surface area (Å²) in [7, 11) is 0. The Balaban J connectivity index is 2.11. The molecule has 0 aromatic heterocycles. The van der Waals surface area contributed by atoms with Gasteiger partial charge in [0.1, 0.15) is 5.82 Å². The Labute approximate surface area is 135 Å². The Morgan fingerprint density at radius 2 is 1.73 bits per heavy atom. The van der Waals surface area contributed by atoms with Crippen LogP contribution in [0.5, 0.6) is 0 Å². The predicted molar refractivity (Wildman–Crippen MR) is 87.2 cm³/mol. The van der Waals surface area contributed by atoms with Crippen LogP contribution in [-0.4, -0.2) is 11.8 Å². The van der Waals surface area contributed by atoms with Gasteiger partial charge in [-0.25, -0.2) is 4.39 Å². The van der Waals surface area contributed by atoms with Crippen molar-refractivity contribution in [3.63, 3.8) is 0 Å². The summed E-state index contributed by atoms with van der Waals surface area (Å²) in [6.07, 6.45) is 0.156. The summed E-state index contributed by atoms with van der Waals surface area (Å²) in [4.78, 5) is 23.2. The molecule has 22 heavy (non-hydrogen) atoms. The van der Waals surface area contributed by atoms with Crippen LogP contribution in [0.15, 0.2) is 46.9 Å². The molecule has 2 aromatic rings. The lowest BCUT2D eigenvalue weighted by Gasteiger charge is -2.11. The number of hydrogen-bond donors (Lipinski definition) is 2. The second-order valence-corrected chi connectivity index (χ2v) is 5.64. The van der Waals surface area contributed by atoms with Crippen molar-refractivity contribution in [2.75, 3.05) is 10.6 Å². The molecule has 2 amide bonds. The molecule has 0 unspecified atom stereocenters. The summed E-state index contributed by atoms with van der Waals surface area (Å²) in [5.41, 5.74) is 1.42. The summed E-state index contributed by atoms with van der Waals surface area (Å²) in [6, 6.07) is 11.1. The zero-order chi connectivity index (χ0) is 16.1. The van der Waals surface area contributed by atoms with Crippen molar-refractivity contribution in [3.05, 3.63) is 58.3 Å². The molecule has 114 valence electrons. The molecule has 0 radical (unpaired) electrons. The fourth-order valence-electron chi connectivity index (χ4n) is 1.90. The van der Waals surface area contributed by atoms with Gasteiger partial charge in [0.25, 0.3) is 0 Å². The Bertz CT molecular complexity index is 702. The van der Waals surface area contributed by atoms with Crippen molar-refractivity contribution in [1.29, 1.82) is 0 Å². The minimum absolute atomic E-state index is 0.156. The average molecular weight is 365 g/mol.